The lowest BCUT2D eigenvalue weighted by molar-refractivity contribution is -0.120. The summed E-state index contributed by atoms with van der Waals surface area (Å²) in [6.45, 7) is 4.87. The highest BCUT2D eigenvalue weighted by Gasteiger charge is 2.31. The molecule has 1 amide bonds. The van der Waals surface area contributed by atoms with E-state index in [2.05, 4.69) is 15.9 Å². The van der Waals surface area contributed by atoms with Crippen molar-refractivity contribution in [1.82, 2.24) is 4.31 Å². The number of anilines is 1. The van der Waals surface area contributed by atoms with Crippen LogP contribution in [-0.4, -0.2) is 44.4 Å². The molecule has 0 bridgehead atoms. The molecular weight excluding hydrogens is 480 g/mol. The predicted molar refractivity (Wildman–Crippen MR) is 124 cm³/mol. The number of halogens is 1. The van der Waals surface area contributed by atoms with Crippen molar-refractivity contribution in [3.63, 3.8) is 0 Å². The normalized spacial score (nSPS) is 19.3. The van der Waals surface area contributed by atoms with Gasteiger partial charge in [0.15, 0.2) is 6.61 Å². The molecule has 0 spiro atoms. The van der Waals surface area contributed by atoms with Crippen LogP contribution in [0.4, 0.5) is 5.69 Å². The fourth-order valence-corrected chi connectivity index (χ4v) is 6.40. The summed E-state index contributed by atoms with van der Waals surface area (Å²) in [5, 5.41) is 0. The quantitative estimate of drug-likeness (QED) is 0.606. The Hall–Kier alpha value is -1.90. The van der Waals surface area contributed by atoms with Crippen molar-refractivity contribution in [3.05, 3.63) is 52.0 Å². The van der Waals surface area contributed by atoms with Crippen LogP contribution in [0.3, 0.4) is 0 Å². The Labute approximate surface area is 192 Å². The van der Waals surface area contributed by atoms with E-state index in [-0.39, 0.29) is 23.5 Å². The van der Waals surface area contributed by atoms with Gasteiger partial charge in [0, 0.05) is 29.3 Å². The topological polar surface area (TPSA) is 66.9 Å². The molecule has 2 aliphatic heterocycles. The van der Waals surface area contributed by atoms with Gasteiger partial charge in [-0.1, -0.05) is 22.4 Å². The van der Waals surface area contributed by atoms with Crippen LogP contribution in [0.25, 0.3) is 0 Å². The molecule has 0 N–H and O–H groups in total. The van der Waals surface area contributed by atoms with Crippen molar-refractivity contribution in [3.8, 4) is 5.75 Å². The van der Waals surface area contributed by atoms with E-state index in [4.69, 9.17) is 4.74 Å². The first-order valence-corrected chi connectivity index (χ1v) is 12.8. The molecule has 0 radical (unpaired) electrons. The summed E-state index contributed by atoms with van der Waals surface area (Å²) in [6.07, 6.45) is 3.68. The molecule has 0 aromatic heterocycles. The zero-order valence-corrected chi connectivity index (χ0v) is 20.2. The van der Waals surface area contributed by atoms with Gasteiger partial charge in [-0.05, 0) is 80.6 Å². The Morgan fingerprint density at radius 1 is 1.13 bits per heavy atom. The van der Waals surface area contributed by atoms with Gasteiger partial charge in [-0.15, -0.1) is 0 Å². The predicted octanol–water partition coefficient (Wildman–Crippen LogP) is 4.29. The van der Waals surface area contributed by atoms with Crippen molar-refractivity contribution in [1.29, 1.82) is 0 Å². The molecule has 1 atom stereocenters. The molecule has 166 valence electrons. The van der Waals surface area contributed by atoms with Crippen LogP contribution in [0.15, 0.2) is 45.8 Å². The van der Waals surface area contributed by atoms with E-state index < -0.39 is 10.0 Å². The largest absolute Gasteiger partial charge is 0.483 e. The molecule has 2 heterocycles. The number of sulfonamides is 1. The van der Waals surface area contributed by atoms with Gasteiger partial charge in [-0.25, -0.2) is 8.42 Å². The second-order valence-corrected chi connectivity index (χ2v) is 11.1. The van der Waals surface area contributed by atoms with Gasteiger partial charge in [-0.2, -0.15) is 4.31 Å². The summed E-state index contributed by atoms with van der Waals surface area (Å²) in [4.78, 5) is 15.0. The van der Waals surface area contributed by atoms with Gasteiger partial charge < -0.3 is 9.64 Å². The van der Waals surface area contributed by atoms with E-state index in [9.17, 15) is 13.2 Å². The standard InChI is InChI=1S/C23H27BrN2O4S/c1-16-12-20(31(28,29)25-10-4-3-5-11-25)7-9-22(16)30-15-23(27)26-17(2)13-18-14-19(24)6-8-21(18)26/h6-9,12,14,17H,3-5,10-11,13,15H2,1-2H3. The van der Waals surface area contributed by atoms with Crippen LogP contribution in [-0.2, 0) is 21.2 Å². The van der Waals surface area contributed by atoms with Crippen LogP contribution in [0.1, 0.15) is 37.3 Å². The molecule has 0 saturated carbocycles. The highest BCUT2D eigenvalue weighted by molar-refractivity contribution is 9.10. The monoisotopic (exact) mass is 506 g/mol. The first-order chi connectivity index (χ1) is 14.8. The van der Waals surface area contributed by atoms with E-state index in [0.29, 0.717) is 24.4 Å². The summed E-state index contributed by atoms with van der Waals surface area (Å²) in [6, 6.07) is 10.9. The molecule has 4 rings (SSSR count). The molecule has 1 fully saturated rings. The van der Waals surface area contributed by atoms with E-state index in [1.54, 1.807) is 34.3 Å². The Morgan fingerprint density at radius 2 is 1.87 bits per heavy atom. The number of fused-ring (bicyclic) bond motifs is 1. The Kier molecular flexibility index (Phi) is 6.42. The number of ether oxygens (including phenoxy) is 1. The van der Waals surface area contributed by atoms with Gasteiger partial charge in [-0.3, -0.25) is 4.79 Å². The fraction of sp³-hybridized carbons (Fsp3) is 0.435. The summed E-state index contributed by atoms with van der Waals surface area (Å²) >= 11 is 3.48. The Morgan fingerprint density at radius 3 is 2.58 bits per heavy atom. The van der Waals surface area contributed by atoms with Gasteiger partial charge in [0.2, 0.25) is 10.0 Å². The molecule has 8 heteroatoms. The maximum atomic E-state index is 12.9. The number of piperidine rings is 1. The summed E-state index contributed by atoms with van der Waals surface area (Å²) in [5.74, 6) is 0.409. The van der Waals surface area contributed by atoms with Crippen LogP contribution in [0.2, 0.25) is 0 Å². The SMILES string of the molecule is Cc1cc(S(=O)(=O)N2CCCCC2)ccc1OCC(=O)N1c2ccc(Br)cc2CC1C. The molecule has 2 aliphatic rings. The molecule has 1 unspecified atom stereocenters. The minimum absolute atomic E-state index is 0.0681. The number of carbonyl (C=O) groups is 1. The van der Waals surface area contributed by atoms with Crippen LogP contribution < -0.4 is 9.64 Å². The third-order valence-electron chi connectivity index (χ3n) is 5.98. The lowest BCUT2D eigenvalue weighted by Crippen LogP contribution is -2.39. The number of carbonyl (C=O) groups excluding carboxylic acids is 1. The number of nitrogens with zero attached hydrogens (tertiary/aromatic N) is 2. The number of aryl methyl sites for hydroxylation is 1. The van der Waals surface area contributed by atoms with Crippen molar-refractivity contribution < 1.29 is 17.9 Å². The number of hydrogen-bond acceptors (Lipinski definition) is 4. The van der Waals surface area contributed by atoms with Gasteiger partial charge in [0.1, 0.15) is 5.75 Å². The van der Waals surface area contributed by atoms with E-state index >= 15 is 0 Å². The average Bonchev–Trinajstić information content (AvgIpc) is 3.08. The smallest absolute Gasteiger partial charge is 0.265 e. The highest BCUT2D eigenvalue weighted by Crippen LogP contribution is 2.34. The first kappa shape index (κ1) is 22.3. The lowest BCUT2D eigenvalue weighted by atomic mass is 10.1. The summed E-state index contributed by atoms with van der Waals surface area (Å²) in [7, 11) is -3.49. The molecule has 6 nitrogen and oxygen atoms in total. The second-order valence-electron chi connectivity index (χ2n) is 8.27. The molecule has 1 saturated heterocycles. The molecular formula is C23H27BrN2O4S. The molecule has 2 aromatic rings. The first-order valence-electron chi connectivity index (χ1n) is 10.6. The number of amides is 1. The van der Waals surface area contributed by atoms with Crippen LogP contribution >= 0.6 is 15.9 Å². The van der Waals surface area contributed by atoms with Gasteiger partial charge >= 0.3 is 0 Å². The zero-order valence-electron chi connectivity index (χ0n) is 17.8. The third-order valence-corrected chi connectivity index (χ3v) is 8.36. The van der Waals surface area contributed by atoms with Crippen LogP contribution in [0.5, 0.6) is 5.75 Å². The molecule has 2 aromatic carbocycles. The van der Waals surface area contributed by atoms with Crippen molar-refractivity contribution >= 4 is 37.5 Å². The number of benzene rings is 2. The second kappa shape index (κ2) is 8.92. The molecule has 31 heavy (non-hydrogen) atoms. The average molecular weight is 507 g/mol. The maximum Gasteiger partial charge on any atom is 0.265 e. The van der Waals surface area contributed by atoms with Crippen molar-refractivity contribution in [2.45, 2.75) is 50.5 Å². The zero-order chi connectivity index (χ0) is 22.2. The summed E-state index contributed by atoms with van der Waals surface area (Å²) < 4.78 is 34.1. The van der Waals surface area contributed by atoms with E-state index in [1.807, 2.05) is 25.1 Å². The third kappa shape index (κ3) is 4.52. The minimum atomic E-state index is -3.49. The highest BCUT2D eigenvalue weighted by atomic mass is 79.9. The summed E-state index contributed by atoms with van der Waals surface area (Å²) in [5.41, 5.74) is 2.76. The Balaban J connectivity index is 1.45. The lowest BCUT2D eigenvalue weighted by Gasteiger charge is -2.26. The number of hydrogen-bond donors (Lipinski definition) is 0. The van der Waals surface area contributed by atoms with E-state index in [1.165, 1.54) is 0 Å². The van der Waals surface area contributed by atoms with E-state index in [0.717, 1.165) is 41.4 Å². The van der Waals surface area contributed by atoms with Crippen molar-refractivity contribution in [2.24, 2.45) is 0 Å². The Bertz CT molecular complexity index is 1100. The fourth-order valence-electron chi connectivity index (χ4n) is 4.39. The van der Waals surface area contributed by atoms with Crippen LogP contribution in [0, 0.1) is 6.92 Å². The van der Waals surface area contributed by atoms with Crippen molar-refractivity contribution in [2.75, 3.05) is 24.6 Å². The molecule has 0 aliphatic carbocycles. The van der Waals surface area contributed by atoms with Gasteiger partial charge in [0.25, 0.3) is 5.91 Å². The minimum Gasteiger partial charge on any atom is -0.483 e. The maximum absolute atomic E-state index is 12.9. The number of rotatable bonds is 5. The van der Waals surface area contributed by atoms with Gasteiger partial charge in [0.05, 0.1) is 4.90 Å².